The lowest BCUT2D eigenvalue weighted by Crippen LogP contribution is -2.52. The molecule has 1 aliphatic heterocycles. The zero-order valence-corrected chi connectivity index (χ0v) is 19.1. The molecule has 1 saturated heterocycles. The van der Waals surface area contributed by atoms with Crippen LogP contribution in [-0.4, -0.2) is 60.4 Å². The van der Waals surface area contributed by atoms with Crippen molar-refractivity contribution in [1.82, 2.24) is 15.4 Å². The van der Waals surface area contributed by atoms with Crippen LogP contribution < -0.4 is 10.2 Å². The first kappa shape index (κ1) is 22.3. The van der Waals surface area contributed by atoms with Crippen LogP contribution in [0.4, 0.5) is 5.69 Å². The highest BCUT2D eigenvalue weighted by molar-refractivity contribution is 14.0. The Hall–Kier alpha value is -1.97. The molecule has 0 atom stereocenters. The van der Waals surface area contributed by atoms with Crippen LogP contribution in [0.25, 0.3) is 0 Å². The van der Waals surface area contributed by atoms with Gasteiger partial charge in [0.25, 0.3) is 0 Å². The summed E-state index contributed by atoms with van der Waals surface area (Å²) in [6.45, 7) is 11.0. The molecule has 0 saturated carbocycles. The summed E-state index contributed by atoms with van der Waals surface area (Å²) in [5.41, 5.74) is 3.00. The van der Waals surface area contributed by atoms with Gasteiger partial charge >= 0.3 is 0 Å². The van der Waals surface area contributed by atoms with Gasteiger partial charge in [0.1, 0.15) is 11.5 Å². The van der Waals surface area contributed by atoms with Crippen LogP contribution >= 0.6 is 24.0 Å². The van der Waals surface area contributed by atoms with E-state index in [2.05, 4.69) is 27.2 Å². The van der Waals surface area contributed by atoms with Crippen LogP contribution in [0.2, 0.25) is 0 Å². The van der Waals surface area contributed by atoms with Gasteiger partial charge in [-0.3, -0.25) is 4.99 Å². The number of aliphatic imine (C=N–C) groups is 1. The quantitative estimate of drug-likeness (QED) is 0.375. The van der Waals surface area contributed by atoms with Crippen molar-refractivity contribution in [3.8, 4) is 5.75 Å². The Labute approximate surface area is 183 Å². The molecule has 0 unspecified atom stereocenters. The fraction of sp³-hybridized carbons (Fsp3) is 0.500. The minimum Gasteiger partial charge on any atom is -0.506 e. The molecular formula is C20H30IN5O2. The van der Waals surface area contributed by atoms with Gasteiger partial charge in [0.15, 0.2) is 5.96 Å². The second-order valence-corrected chi connectivity index (χ2v) is 6.75. The molecule has 0 aliphatic carbocycles. The van der Waals surface area contributed by atoms with Crippen molar-refractivity contribution in [3.05, 3.63) is 41.3 Å². The third-order valence-electron chi connectivity index (χ3n) is 4.94. The molecule has 1 aliphatic rings. The monoisotopic (exact) mass is 499 g/mol. The van der Waals surface area contributed by atoms with Crippen LogP contribution in [-0.2, 0) is 6.42 Å². The first-order valence-corrected chi connectivity index (χ1v) is 9.58. The number of hydrogen-bond donors (Lipinski definition) is 2. The van der Waals surface area contributed by atoms with Crippen LogP contribution in [0.5, 0.6) is 5.75 Å². The fourth-order valence-corrected chi connectivity index (χ4v) is 3.45. The molecule has 2 heterocycles. The van der Waals surface area contributed by atoms with E-state index >= 15 is 0 Å². The van der Waals surface area contributed by atoms with Crippen molar-refractivity contribution in [2.45, 2.75) is 27.2 Å². The Morgan fingerprint density at radius 3 is 2.54 bits per heavy atom. The summed E-state index contributed by atoms with van der Waals surface area (Å²) in [5, 5.41) is 17.5. The average molecular weight is 499 g/mol. The van der Waals surface area contributed by atoms with E-state index in [1.54, 1.807) is 6.07 Å². The number of aromatic nitrogens is 1. The highest BCUT2D eigenvalue weighted by Gasteiger charge is 2.21. The summed E-state index contributed by atoms with van der Waals surface area (Å²) in [6.07, 6.45) is 0.827. The SMILES string of the molecule is CCNC(=NCCc1c(C)noc1C)N1CCN(c2ccccc2O)CC1.I. The van der Waals surface area contributed by atoms with Crippen molar-refractivity contribution >= 4 is 35.6 Å². The Bertz CT molecular complexity index is 765. The number of piperazine rings is 1. The number of guanidine groups is 1. The average Bonchev–Trinajstić information content (AvgIpc) is 3.00. The summed E-state index contributed by atoms with van der Waals surface area (Å²) in [7, 11) is 0. The number of nitrogens with zero attached hydrogens (tertiary/aromatic N) is 4. The van der Waals surface area contributed by atoms with Gasteiger partial charge in [-0.15, -0.1) is 24.0 Å². The first-order chi connectivity index (χ1) is 13.1. The second-order valence-electron chi connectivity index (χ2n) is 6.75. The summed E-state index contributed by atoms with van der Waals surface area (Å²) >= 11 is 0. The minimum absolute atomic E-state index is 0. The fourth-order valence-electron chi connectivity index (χ4n) is 3.45. The Balaban J connectivity index is 0.00000280. The number of rotatable bonds is 5. The third-order valence-corrected chi connectivity index (χ3v) is 4.94. The van der Waals surface area contributed by atoms with E-state index in [0.717, 1.165) is 67.8 Å². The van der Waals surface area contributed by atoms with Gasteiger partial charge in [-0.25, -0.2) is 0 Å². The smallest absolute Gasteiger partial charge is 0.194 e. The Kier molecular flexibility index (Phi) is 8.40. The molecule has 0 radical (unpaired) electrons. The van der Waals surface area contributed by atoms with Gasteiger partial charge in [-0.05, 0) is 39.3 Å². The number of aromatic hydroxyl groups is 1. The molecule has 0 bridgehead atoms. The zero-order chi connectivity index (χ0) is 19.2. The topological polar surface area (TPSA) is 77.1 Å². The lowest BCUT2D eigenvalue weighted by molar-refractivity contribution is 0.370. The largest absolute Gasteiger partial charge is 0.506 e. The van der Waals surface area contributed by atoms with Crippen LogP contribution in [0.1, 0.15) is 23.9 Å². The Morgan fingerprint density at radius 2 is 1.93 bits per heavy atom. The molecule has 1 aromatic carbocycles. The summed E-state index contributed by atoms with van der Waals surface area (Å²) in [6, 6.07) is 7.52. The van der Waals surface area contributed by atoms with E-state index in [9.17, 15) is 5.11 Å². The van der Waals surface area contributed by atoms with Gasteiger partial charge in [0.2, 0.25) is 0 Å². The van der Waals surface area contributed by atoms with Crippen LogP contribution in [0, 0.1) is 13.8 Å². The third kappa shape index (κ3) is 5.30. The first-order valence-electron chi connectivity index (χ1n) is 9.58. The molecule has 7 nitrogen and oxygen atoms in total. The van der Waals surface area contributed by atoms with Gasteiger partial charge in [0.05, 0.1) is 11.4 Å². The van der Waals surface area contributed by atoms with Crippen LogP contribution in [0.3, 0.4) is 0 Å². The maximum absolute atomic E-state index is 10.1. The van der Waals surface area contributed by atoms with Gasteiger partial charge in [-0.1, -0.05) is 17.3 Å². The molecule has 3 rings (SSSR count). The molecular weight excluding hydrogens is 469 g/mol. The molecule has 1 aromatic heterocycles. The lowest BCUT2D eigenvalue weighted by Gasteiger charge is -2.37. The molecule has 154 valence electrons. The number of phenolic OH excluding ortho intramolecular Hbond substituents is 1. The summed E-state index contributed by atoms with van der Waals surface area (Å²) in [5.74, 6) is 2.16. The maximum Gasteiger partial charge on any atom is 0.194 e. The normalized spacial score (nSPS) is 14.8. The highest BCUT2D eigenvalue weighted by atomic mass is 127. The van der Waals surface area contributed by atoms with Crippen molar-refractivity contribution in [3.63, 3.8) is 0 Å². The van der Waals surface area contributed by atoms with E-state index in [1.807, 2.05) is 32.0 Å². The molecule has 0 amide bonds. The van der Waals surface area contributed by atoms with E-state index < -0.39 is 0 Å². The van der Waals surface area contributed by atoms with E-state index in [4.69, 9.17) is 9.52 Å². The summed E-state index contributed by atoms with van der Waals surface area (Å²) < 4.78 is 5.23. The molecule has 8 heteroatoms. The number of benzene rings is 1. The molecule has 2 N–H and O–H groups in total. The number of hydrogen-bond acceptors (Lipinski definition) is 5. The predicted molar refractivity (Wildman–Crippen MR) is 123 cm³/mol. The van der Waals surface area contributed by atoms with Crippen molar-refractivity contribution in [2.24, 2.45) is 4.99 Å². The Morgan fingerprint density at radius 1 is 1.21 bits per heavy atom. The van der Waals surface area contributed by atoms with E-state index in [-0.39, 0.29) is 24.0 Å². The van der Waals surface area contributed by atoms with Crippen molar-refractivity contribution in [2.75, 3.05) is 44.2 Å². The van der Waals surface area contributed by atoms with Gasteiger partial charge < -0.3 is 24.7 Å². The zero-order valence-electron chi connectivity index (χ0n) is 16.8. The predicted octanol–water partition coefficient (Wildman–Crippen LogP) is 2.95. The molecule has 1 fully saturated rings. The number of phenols is 1. The van der Waals surface area contributed by atoms with Gasteiger partial charge in [0, 0.05) is 44.8 Å². The molecule has 28 heavy (non-hydrogen) atoms. The van der Waals surface area contributed by atoms with Crippen molar-refractivity contribution < 1.29 is 9.63 Å². The number of anilines is 1. The van der Waals surface area contributed by atoms with E-state index in [0.29, 0.717) is 12.3 Å². The highest BCUT2D eigenvalue weighted by Crippen LogP contribution is 2.27. The number of aryl methyl sites for hydroxylation is 2. The standard InChI is InChI=1S/C20H29N5O2.HI/c1-4-21-20(22-10-9-17-15(2)23-27-16(17)3)25-13-11-24(12-14-25)18-7-5-6-8-19(18)26;/h5-8,26H,4,9-14H2,1-3H3,(H,21,22);1H. The minimum atomic E-state index is 0. The molecule has 0 spiro atoms. The number of para-hydroxylation sites is 2. The number of nitrogens with one attached hydrogen (secondary N) is 1. The lowest BCUT2D eigenvalue weighted by atomic mass is 10.1. The van der Waals surface area contributed by atoms with Crippen molar-refractivity contribution in [1.29, 1.82) is 0 Å². The maximum atomic E-state index is 10.1. The number of halogens is 1. The summed E-state index contributed by atoms with van der Waals surface area (Å²) in [4.78, 5) is 9.31. The van der Waals surface area contributed by atoms with Gasteiger partial charge in [-0.2, -0.15) is 0 Å². The molecule has 2 aromatic rings. The van der Waals surface area contributed by atoms with Crippen LogP contribution in [0.15, 0.2) is 33.8 Å². The second kappa shape index (κ2) is 10.5. The van der Waals surface area contributed by atoms with E-state index in [1.165, 1.54) is 0 Å².